The second-order valence-corrected chi connectivity index (χ2v) is 4.83. The van der Waals surface area contributed by atoms with Crippen molar-refractivity contribution < 1.29 is 4.74 Å². The summed E-state index contributed by atoms with van der Waals surface area (Å²) >= 11 is 0. The summed E-state index contributed by atoms with van der Waals surface area (Å²) in [7, 11) is 0. The van der Waals surface area contributed by atoms with Crippen LogP contribution in [0, 0.1) is 0 Å². The van der Waals surface area contributed by atoms with Gasteiger partial charge in [-0.2, -0.15) is 0 Å². The molecule has 4 heteroatoms. The van der Waals surface area contributed by atoms with Crippen LogP contribution in [0.4, 0.5) is 0 Å². The van der Waals surface area contributed by atoms with Gasteiger partial charge in [0.2, 0.25) is 0 Å². The van der Waals surface area contributed by atoms with Crippen molar-refractivity contribution in [2.24, 2.45) is 5.84 Å². The Morgan fingerprint density at radius 1 is 1.13 bits per heavy atom. The third kappa shape index (κ3) is 3.14. The Morgan fingerprint density at radius 2 is 1.87 bits per heavy atom. The zero-order valence-electron chi connectivity index (χ0n) is 9.69. The molecule has 88 valence electrons. The van der Waals surface area contributed by atoms with Gasteiger partial charge in [-0.1, -0.05) is 0 Å². The van der Waals surface area contributed by atoms with Gasteiger partial charge in [-0.25, -0.2) is 5.01 Å². The summed E-state index contributed by atoms with van der Waals surface area (Å²) in [6.07, 6.45) is 5.28. The molecule has 0 radical (unpaired) electrons. The molecule has 2 N–H and O–H groups in total. The predicted octanol–water partition coefficient (Wildman–Crippen LogP) is 0.783. The van der Waals surface area contributed by atoms with E-state index in [1.807, 2.05) is 5.01 Å². The molecule has 2 saturated heterocycles. The van der Waals surface area contributed by atoms with Crippen molar-refractivity contribution in [3.05, 3.63) is 0 Å². The number of ether oxygens (including phenoxy) is 1. The first kappa shape index (κ1) is 11.3. The first-order chi connectivity index (χ1) is 7.25. The molecule has 2 heterocycles. The van der Waals surface area contributed by atoms with E-state index in [0.717, 1.165) is 19.8 Å². The van der Waals surface area contributed by atoms with Crippen LogP contribution in [0.3, 0.4) is 0 Å². The first-order valence-electron chi connectivity index (χ1n) is 6.11. The van der Waals surface area contributed by atoms with Crippen molar-refractivity contribution in [1.29, 1.82) is 0 Å². The van der Waals surface area contributed by atoms with E-state index >= 15 is 0 Å². The van der Waals surface area contributed by atoms with Gasteiger partial charge < -0.3 is 4.74 Å². The van der Waals surface area contributed by atoms with E-state index in [-0.39, 0.29) is 0 Å². The van der Waals surface area contributed by atoms with Crippen LogP contribution in [0.25, 0.3) is 0 Å². The van der Waals surface area contributed by atoms with Crippen LogP contribution < -0.4 is 5.84 Å². The molecule has 2 rings (SSSR count). The minimum atomic E-state index is 0.435. The average molecular weight is 213 g/mol. The van der Waals surface area contributed by atoms with E-state index in [2.05, 4.69) is 11.8 Å². The number of nitrogens with two attached hydrogens (primary N) is 1. The lowest BCUT2D eigenvalue weighted by Gasteiger charge is -2.36. The maximum atomic E-state index is 5.78. The molecule has 2 aliphatic heterocycles. The van der Waals surface area contributed by atoms with Crippen molar-refractivity contribution in [2.75, 3.05) is 26.4 Å². The fraction of sp³-hybridized carbons (Fsp3) is 1.00. The lowest BCUT2D eigenvalue weighted by atomic mass is 10.0. The molecule has 15 heavy (non-hydrogen) atoms. The number of nitrogens with zero attached hydrogens (tertiary/aromatic N) is 2. The fourth-order valence-corrected chi connectivity index (χ4v) is 2.49. The van der Waals surface area contributed by atoms with E-state index in [1.165, 1.54) is 32.2 Å². The van der Waals surface area contributed by atoms with Crippen molar-refractivity contribution >= 4 is 0 Å². The van der Waals surface area contributed by atoms with E-state index in [0.29, 0.717) is 12.1 Å². The van der Waals surface area contributed by atoms with Crippen molar-refractivity contribution in [2.45, 2.75) is 44.8 Å². The molecule has 0 aliphatic carbocycles. The summed E-state index contributed by atoms with van der Waals surface area (Å²) in [6, 6.07) is 0.690. The normalized spacial score (nSPS) is 32.8. The van der Waals surface area contributed by atoms with Crippen molar-refractivity contribution in [3.8, 4) is 0 Å². The van der Waals surface area contributed by atoms with Crippen LogP contribution in [0.1, 0.15) is 32.6 Å². The molecule has 0 amide bonds. The quantitative estimate of drug-likeness (QED) is 0.654. The van der Waals surface area contributed by atoms with Crippen LogP contribution >= 0.6 is 0 Å². The summed E-state index contributed by atoms with van der Waals surface area (Å²) in [5.41, 5.74) is 0. The number of hydrogen-bond acceptors (Lipinski definition) is 4. The summed E-state index contributed by atoms with van der Waals surface area (Å²) in [4.78, 5) is 2.50. The lowest BCUT2D eigenvalue weighted by Crippen LogP contribution is -2.47. The summed E-state index contributed by atoms with van der Waals surface area (Å²) < 4.78 is 5.78. The van der Waals surface area contributed by atoms with Crippen LogP contribution in [-0.4, -0.2) is 48.4 Å². The number of rotatable bonds is 1. The second-order valence-electron chi connectivity index (χ2n) is 4.83. The van der Waals surface area contributed by atoms with Gasteiger partial charge in [-0.05, 0) is 32.6 Å². The van der Waals surface area contributed by atoms with Crippen LogP contribution in [0.5, 0.6) is 0 Å². The van der Waals surface area contributed by atoms with Gasteiger partial charge in [0, 0.05) is 25.7 Å². The Kier molecular flexibility index (Phi) is 3.97. The van der Waals surface area contributed by atoms with Gasteiger partial charge in [0.1, 0.15) is 0 Å². The van der Waals surface area contributed by atoms with Gasteiger partial charge in [0.05, 0.1) is 12.8 Å². The topological polar surface area (TPSA) is 41.7 Å². The molecular formula is C11H23N3O. The highest BCUT2D eigenvalue weighted by atomic mass is 16.5. The number of hydrogen-bond donors (Lipinski definition) is 1. The van der Waals surface area contributed by atoms with Gasteiger partial charge in [-0.15, -0.1) is 0 Å². The molecule has 0 saturated carbocycles. The third-order valence-corrected chi connectivity index (χ3v) is 3.60. The van der Waals surface area contributed by atoms with Crippen LogP contribution in [0.15, 0.2) is 0 Å². The molecule has 2 fully saturated rings. The molecule has 0 aromatic heterocycles. The molecule has 0 aromatic rings. The molecule has 1 atom stereocenters. The molecule has 0 aromatic carbocycles. The molecular weight excluding hydrogens is 190 g/mol. The zero-order chi connectivity index (χ0) is 10.7. The fourth-order valence-electron chi connectivity index (χ4n) is 2.49. The third-order valence-electron chi connectivity index (χ3n) is 3.60. The zero-order valence-corrected chi connectivity index (χ0v) is 9.69. The average Bonchev–Trinajstić information content (AvgIpc) is 2.44. The Bertz CT molecular complexity index is 192. The minimum Gasteiger partial charge on any atom is -0.363 e. The SMILES string of the molecule is CC1CCCN(C2CCN(N)CC2)CO1. The Labute approximate surface area is 92.3 Å². The van der Waals surface area contributed by atoms with Crippen molar-refractivity contribution in [1.82, 2.24) is 9.91 Å². The maximum absolute atomic E-state index is 5.78. The molecule has 4 nitrogen and oxygen atoms in total. The highest BCUT2D eigenvalue weighted by Gasteiger charge is 2.25. The highest BCUT2D eigenvalue weighted by Crippen LogP contribution is 2.18. The predicted molar refractivity (Wildman–Crippen MR) is 60.1 cm³/mol. The minimum absolute atomic E-state index is 0.435. The van der Waals surface area contributed by atoms with Crippen LogP contribution in [-0.2, 0) is 4.74 Å². The van der Waals surface area contributed by atoms with E-state index < -0.39 is 0 Å². The molecule has 1 unspecified atom stereocenters. The molecule has 0 spiro atoms. The summed E-state index contributed by atoms with van der Waals surface area (Å²) in [5, 5.41) is 1.93. The lowest BCUT2D eigenvalue weighted by molar-refractivity contribution is -0.0245. The first-order valence-corrected chi connectivity index (χ1v) is 6.11. The Hall–Kier alpha value is -0.160. The van der Waals surface area contributed by atoms with E-state index in [9.17, 15) is 0 Å². The van der Waals surface area contributed by atoms with Gasteiger partial charge in [0.15, 0.2) is 0 Å². The van der Waals surface area contributed by atoms with Gasteiger partial charge in [0.25, 0.3) is 0 Å². The Balaban J connectivity index is 1.82. The Morgan fingerprint density at radius 3 is 2.60 bits per heavy atom. The largest absolute Gasteiger partial charge is 0.363 e. The number of piperidine rings is 1. The van der Waals surface area contributed by atoms with Crippen LogP contribution in [0.2, 0.25) is 0 Å². The second kappa shape index (κ2) is 5.25. The monoisotopic (exact) mass is 213 g/mol. The smallest absolute Gasteiger partial charge is 0.0996 e. The van der Waals surface area contributed by atoms with E-state index in [4.69, 9.17) is 10.6 Å². The van der Waals surface area contributed by atoms with Gasteiger partial charge in [-0.3, -0.25) is 10.7 Å². The molecule has 0 bridgehead atoms. The standard InChI is InChI=1S/C11H23N3O/c1-10-3-2-6-13(9-15-10)11-4-7-14(12)8-5-11/h10-11H,2-9,12H2,1H3. The van der Waals surface area contributed by atoms with E-state index in [1.54, 1.807) is 0 Å². The number of hydrazine groups is 1. The summed E-state index contributed by atoms with van der Waals surface area (Å²) in [6.45, 7) is 6.23. The summed E-state index contributed by atoms with van der Waals surface area (Å²) in [5.74, 6) is 5.76. The highest BCUT2D eigenvalue weighted by molar-refractivity contribution is 4.78. The van der Waals surface area contributed by atoms with Gasteiger partial charge >= 0.3 is 0 Å². The maximum Gasteiger partial charge on any atom is 0.0996 e. The van der Waals surface area contributed by atoms with Crippen molar-refractivity contribution in [3.63, 3.8) is 0 Å². The molecule has 2 aliphatic rings.